The number of aromatic nitrogens is 2. The van der Waals surface area contributed by atoms with Gasteiger partial charge in [-0.3, -0.25) is 4.72 Å². The van der Waals surface area contributed by atoms with E-state index in [1.807, 2.05) is 12.1 Å². The standard InChI is InChI=1S/C16H17N3O2S/c1-11(2)12-3-6-14(7-4-12)22(20,21)19-13-5-8-15-16(9-13)18-10-17-15/h3-11,19H,1-2H3,(H,17,18). The van der Waals surface area contributed by atoms with Gasteiger partial charge in [0.1, 0.15) is 0 Å². The average Bonchev–Trinajstić information content (AvgIpc) is 2.94. The summed E-state index contributed by atoms with van der Waals surface area (Å²) >= 11 is 0. The van der Waals surface area contributed by atoms with Crippen LogP contribution in [-0.2, 0) is 10.0 Å². The lowest BCUT2D eigenvalue weighted by molar-refractivity contribution is 0.601. The van der Waals surface area contributed by atoms with Crippen molar-refractivity contribution in [3.63, 3.8) is 0 Å². The zero-order valence-electron chi connectivity index (χ0n) is 12.4. The molecule has 22 heavy (non-hydrogen) atoms. The van der Waals surface area contributed by atoms with E-state index in [0.29, 0.717) is 11.6 Å². The van der Waals surface area contributed by atoms with Crippen LogP contribution in [0.25, 0.3) is 11.0 Å². The molecule has 6 heteroatoms. The monoisotopic (exact) mass is 315 g/mol. The van der Waals surface area contributed by atoms with E-state index < -0.39 is 10.0 Å². The molecule has 0 saturated carbocycles. The Morgan fingerprint density at radius 3 is 2.50 bits per heavy atom. The molecular formula is C16H17N3O2S. The van der Waals surface area contributed by atoms with Crippen LogP contribution in [0.5, 0.6) is 0 Å². The van der Waals surface area contributed by atoms with Crippen LogP contribution in [-0.4, -0.2) is 18.4 Å². The molecule has 0 aliphatic heterocycles. The highest BCUT2D eigenvalue weighted by Crippen LogP contribution is 2.21. The molecule has 0 saturated heterocycles. The van der Waals surface area contributed by atoms with Gasteiger partial charge in [0.25, 0.3) is 10.0 Å². The number of imidazole rings is 1. The first-order chi connectivity index (χ1) is 10.5. The molecule has 0 aliphatic rings. The Labute approximate surface area is 129 Å². The topological polar surface area (TPSA) is 74.8 Å². The molecule has 0 aliphatic carbocycles. The van der Waals surface area contributed by atoms with E-state index >= 15 is 0 Å². The number of nitrogens with zero attached hydrogens (tertiary/aromatic N) is 1. The van der Waals surface area contributed by atoms with Crippen molar-refractivity contribution in [3.05, 3.63) is 54.4 Å². The van der Waals surface area contributed by atoms with Crippen LogP contribution in [0.15, 0.2) is 53.7 Å². The molecule has 0 atom stereocenters. The third kappa shape index (κ3) is 2.82. The zero-order valence-corrected chi connectivity index (χ0v) is 13.2. The average molecular weight is 315 g/mol. The van der Waals surface area contributed by atoms with Crippen molar-refractivity contribution >= 4 is 26.7 Å². The Morgan fingerprint density at radius 2 is 1.82 bits per heavy atom. The molecule has 0 spiro atoms. The molecule has 2 aromatic carbocycles. The quantitative estimate of drug-likeness (QED) is 0.774. The molecule has 2 N–H and O–H groups in total. The highest BCUT2D eigenvalue weighted by atomic mass is 32.2. The van der Waals surface area contributed by atoms with Crippen LogP contribution >= 0.6 is 0 Å². The SMILES string of the molecule is CC(C)c1ccc(S(=O)(=O)Nc2ccc3nc[nH]c3c2)cc1. The number of aromatic amines is 1. The second-order valence-corrected chi connectivity index (χ2v) is 7.15. The van der Waals surface area contributed by atoms with Crippen molar-refractivity contribution in [3.8, 4) is 0 Å². The first kappa shape index (κ1) is 14.6. The van der Waals surface area contributed by atoms with Gasteiger partial charge < -0.3 is 4.98 Å². The summed E-state index contributed by atoms with van der Waals surface area (Å²) in [5, 5.41) is 0. The fraction of sp³-hybridized carbons (Fsp3) is 0.188. The van der Waals surface area contributed by atoms with E-state index in [4.69, 9.17) is 0 Å². The lowest BCUT2D eigenvalue weighted by Crippen LogP contribution is -2.13. The van der Waals surface area contributed by atoms with E-state index in [-0.39, 0.29) is 4.90 Å². The van der Waals surface area contributed by atoms with Crippen molar-refractivity contribution in [2.45, 2.75) is 24.7 Å². The molecule has 0 amide bonds. The summed E-state index contributed by atoms with van der Waals surface area (Å²) in [6.45, 7) is 4.14. The molecule has 1 heterocycles. The number of hydrogen-bond donors (Lipinski definition) is 2. The number of benzene rings is 2. The van der Waals surface area contributed by atoms with E-state index in [9.17, 15) is 8.42 Å². The highest BCUT2D eigenvalue weighted by molar-refractivity contribution is 7.92. The molecule has 1 aromatic heterocycles. The minimum atomic E-state index is -3.59. The smallest absolute Gasteiger partial charge is 0.261 e. The molecule has 0 bridgehead atoms. The lowest BCUT2D eigenvalue weighted by Gasteiger charge is -2.10. The van der Waals surface area contributed by atoms with Gasteiger partial charge in [0, 0.05) is 0 Å². The van der Waals surface area contributed by atoms with E-state index in [2.05, 4.69) is 28.5 Å². The summed E-state index contributed by atoms with van der Waals surface area (Å²) in [6, 6.07) is 12.1. The van der Waals surface area contributed by atoms with Gasteiger partial charge in [0.2, 0.25) is 0 Å². The summed E-state index contributed by atoms with van der Waals surface area (Å²) in [4.78, 5) is 7.32. The van der Waals surface area contributed by atoms with Crippen molar-refractivity contribution in [1.29, 1.82) is 0 Å². The molecule has 3 rings (SSSR count). The predicted molar refractivity (Wildman–Crippen MR) is 87.4 cm³/mol. The first-order valence-electron chi connectivity index (χ1n) is 7.01. The minimum Gasteiger partial charge on any atom is -0.345 e. The van der Waals surface area contributed by atoms with Gasteiger partial charge in [-0.05, 0) is 41.8 Å². The fourth-order valence-electron chi connectivity index (χ4n) is 2.25. The van der Waals surface area contributed by atoms with Crippen molar-refractivity contribution in [2.24, 2.45) is 0 Å². The number of anilines is 1. The third-order valence-electron chi connectivity index (χ3n) is 3.53. The molecular weight excluding hydrogens is 298 g/mol. The maximum atomic E-state index is 12.4. The Kier molecular flexibility index (Phi) is 3.62. The normalized spacial score (nSPS) is 12.0. The summed E-state index contributed by atoms with van der Waals surface area (Å²) < 4.78 is 27.4. The Bertz CT molecular complexity index is 897. The second kappa shape index (κ2) is 5.46. The van der Waals surface area contributed by atoms with Gasteiger partial charge >= 0.3 is 0 Å². The minimum absolute atomic E-state index is 0.251. The number of rotatable bonds is 4. The van der Waals surface area contributed by atoms with Crippen LogP contribution in [0.4, 0.5) is 5.69 Å². The van der Waals surface area contributed by atoms with Gasteiger partial charge in [-0.25, -0.2) is 13.4 Å². The van der Waals surface area contributed by atoms with Crippen LogP contribution in [0.1, 0.15) is 25.3 Å². The van der Waals surface area contributed by atoms with E-state index in [1.54, 1.807) is 36.7 Å². The molecule has 114 valence electrons. The number of nitrogens with one attached hydrogen (secondary N) is 2. The summed E-state index contributed by atoms with van der Waals surface area (Å²) in [5.74, 6) is 0.368. The summed E-state index contributed by atoms with van der Waals surface area (Å²) in [7, 11) is -3.59. The lowest BCUT2D eigenvalue weighted by atomic mass is 10.0. The van der Waals surface area contributed by atoms with E-state index in [1.165, 1.54) is 0 Å². The Balaban J connectivity index is 1.88. The van der Waals surface area contributed by atoms with Crippen LogP contribution in [0.2, 0.25) is 0 Å². The predicted octanol–water partition coefficient (Wildman–Crippen LogP) is 3.49. The molecule has 5 nitrogen and oxygen atoms in total. The highest BCUT2D eigenvalue weighted by Gasteiger charge is 2.14. The van der Waals surface area contributed by atoms with Crippen LogP contribution in [0.3, 0.4) is 0 Å². The van der Waals surface area contributed by atoms with Crippen molar-refractivity contribution in [2.75, 3.05) is 4.72 Å². The molecule has 0 unspecified atom stereocenters. The Morgan fingerprint density at radius 1 is 1.09 bits per heavy atom. The van der Waals surface area contributed by atoms with Crippen LogP contribution < -0.4 is 4.72 Å². The van der Waals surface area contributed by atoms with Gasteiger partial charge in [0.05, 0.1) is 27.9 Å². The van der Waals surface area contributed by atoms with E-state index in [0.717, 1.165) is 16.6 Å². The summed E-state index contributed by atoms with van der Waals surface area (Å²) in [6.07, 6.45) is 1.58. The second-order valence-electron chi connectivity index (χ2n) is 5.46. The summed E-state index contributed by atoms with van der Waals surface area (Å²) in [5.41, 5.74) is 3.20. The third-order valence-corrected chi connectivity index (χ3v) is 4.93. The van der Waals surface area contributed by atoms with Crippen molar-refractivity contribution in [1.82, 2.24) is 9.97 Å². The molecule has 0 fully saturated rings. The van der Waals surface area contributed by atoms with Gasteiger partial charge in [-0.2, -0.15) is 0 Å². The molecule has 0 radical (unpaired) electrons. The number of hydrogen-bond acceptors (Lipinski definition) is 3. The first-order valence-corrected chi connectivity index (χ1v) is 8.50. The maximum Gasteiger partial charge on any atom is 0.261 e. The van der Waals surface area contributed by atoms with Gasteiger partial charge in [0.15, 0.2) is 0 Å². The van der Waals surface area contributed by atoms with Gasteiger partial charge in [-0.15, -0.1) is 0 Å². The Hall–Kier alpha value is -2.34. The number of sulfonamides is 1. The largest absolute Gasteiger partial charge is 0.345 e. The zero-order chi connectivity index (χ0) is 15.7. The van der Waals surface area contributed by atoms with Crippen molar-refractivity contribution < 1.29 is 8.42 Å². The van der Waals surface area contributed by atoms with Gasteiger partial charge in [-0.1, -0.05) is 26.0 Å². The number of fused-ring (bicyclic) bond motifs is 1. The maximum absolute atomic E-state index is 12.4. The fourth-order valence-corrected chi connectivity index (χ4v) is 3.29. The number of H-pyrrole nitrogens is 1. The molecule has 3 aromatic rings. The van der Waals surface area contributed by atoms with Crippen LogP contribution in [0, 0.1) is 0 Å².